The van der Waals surface area contributed by atoms with Gasteiger partial charge in [-0.05, 0) is 37.0 Å². The third kappa shape index (κ3) is 0.686. The fourth-order valence-electron chi connectivity index (χ4n) is 3.30. The van der Waals surface area contributed by atoms with Crippen molar-refractivity contribution in [3.8, 4) is 0 Å². The maximum absolute atomic E-state index is 11.4. The van der Waals surface area contributed by atoms with Gasteiger partial charge in [-0.25, -0.2) is 0 Å². The highest BCUT2D eigenvalue weighted by Gasteiger charge is 2.54. The predicted octanol–water partition coefficient (Wildman–Crippen LogP) is 1.59. The van der Waals surface area contributed by atoms with E-state index in [-0.39, 0.29) is 11.9 Å². The lowest BCUT2D eigenvalue weighted by Crippen LogP contribution is -2.56. The molecular weight excluding hydrogens is 152 g/mol. The Labute approximate surface area is 72.3 Å². The van der Waals surface area contributed by atoms with Crippen LogP contribution in [0.4, 0.5) is 0 Å². The van der Waals surface area contributed by atoms with Crippen molar-refractivity contribution in [3.63, 3.8) is 0 Å². The van der Waals surface area contributed by atoms with E-state index in [4.69, 9.17) is 4.74 Å². The van der Waals surface area contributed by atoms with Gasteiger partial charge in [-0.2, -0.15) is 0 Å². The van der Waals surface area contributed by atoms with Crippen LogP contribution in [0.5, 0.6) is 0 Å². The van der Waals surface area contributed by atoms with Crippen LogP contribution in [-0.4, -0.2) is 12.1 Å². The van der Waals surface area contributed by atoms with Gasteiger partial charge in [0, 0.05) is 0 Å². The summed E-state index contributed by atoms with van der Waals surface area (Å²) in [6.07, 6.45) is 3.65. The molecule has 2 nitrogen and oxygen atoms in total. The van der Waals surface area contributed by atoms with Crippen LogP contribution in [0.3, 0.4) is 0 Å². The molecule has 5 atom stereocenters. The quantitative estimate of drug-likeness (QED) is 0.511. The SMILES string of the molecule is CC1CC2CC3C(CC13)OC2=O. The number of fused-ring (bicyclic) bond motifs is 1. The molecule has 0 aromatic carbocycles. The van der Waals surface area contributed by atoms with Crippen LogP contribution in [0, 0.1) is 23.7 Å². The minimum Gasteiger partial charge on any atom is -0.462 e. The van der Waals surface area contributed by atoms with E-state index in [0.29, 0.717) is 6.10 Å². The van der Waals surface area contributed by atoms with E-state index in [1.807, 2.05) is 0 Å². The summed E-state index contributed by atoms with van der Waals surface area (Å²) in [6, 6.07) is 0. The van der Waals surface area contributed by atoms with Gasteiger partial charge in [0.1, 0.15) is 6.10 Å². The van der Waals surface area contributed by atoms with Crippen molar-refractivity contribution in [3.05, 3.63) is 0 Å². The lowest BCUT2D eigenvalue weighted by Gasteiger charge is -2.55. The molecule has 12 heavy (non-hydrogen) atoms. The molecule has 5 unspecified atom stereocenters. The van der Waals surface area contributed by atoms with Crippen molar-refractivity contribution in [2.75, 3.05) is 0 Å². The van der Waals surface area contributed by atoms with Gasteiger partial charge < -0.3 is 4.74 Å². The normalized spacial score (nSPS) is 55.8. The predicted molar refractivity (Wildman–Crippen MR) is 43.4 cm³/mol. The highest BCUT2D eigenvalue weighted by molar-refractivity contribution is 5.74. The maximum atomic E-state index is 11.4. The molecule has 3 aliphatic rings. The smallest absolute Gasteiger partial charge is 0.309 e. The summed E-state index contributed by atoms with van der Waals surface area (Å²) in [5.74, 6) is 2.70. The van der Waals surface area contributed by atoms with Crippen LogP contribution >= 0.6 is 0 Å². The molecule has 0 aromatic heterocycles. The van der Waals surface area contributed by atoms with Gasteiger partial charge >= 0.3 is 5.97 Å². The first-order chi connectivity index (χ1) is 5.75. The zero-order valence-corrected chi connectivity index (χ0v) is 7.32. The van der Waals surface area contributed by atoms with E-state index in [2.05, 4.69) is 6.92 Å². The third-order valence-electron chi connectivity index (χ3n) is 4.08. The zero-order chi connectivity index (χ0) is 8.29. The fraction of sp³-hybridized carbons (Fsp3) is 0.900. The molecule has 1 saturated heterocycles. The average Bonchev–Trinajstić information content (AvgIpc) is 1.99. The Morgan fingerprint density at radius 3 is 2.92 bits per heavy atom. The van der Waals surface area contributed by atoms with E-state index in [1.165, 1.54) is 0 Å². The molecule has 1 heterocycles. The number of rotatable bonds is 0. The maximum Gasteiger partial charge on any atom is 0.309 e. The van der Waals surface area contributed by atoms with Crippen molar-refractivity contribution in [2.45, 2.75) is 32.3 Å². The Kier molecular flexibility index (Phi) is 1.18. The second-order valence-electron chi connectivity index (χ2n) is 4.68. The van der Waals surface area contributed by atoms with Gasteiger partial charge in [-0.3, -0.25) is 4.79 Å². The first kappa shape index (κ1) is 6.93. The van der Waals surface area contributed by atoms with Crippen molar-refractivity contribution < 1.29 is 9.53 Å². The van der Waals surface area contributed by atoms with Crippen molar-refractivity contribution >= 4 is 5.97 Å². The monoisotopic (exact) mass is 166 g/mol. The summed E-state index contributed by atoms with van der Waals surface area (Å²) in [5, 5.41) is 0. The molecule has 2 saturated carbocycles. The Morgan fingerprint density at radius 1 is 1.25 bits per heavy atom. The molecule has 2 aliphatic carbocycles. The molecule has 0 spiro atoms. The second kappa shape index (κ2) is 2.04. The highest BCUT2D eigenvalue weighted by Crippen LogP contribution is 2.54. The average molecular weight is 166 g/mol. The Balaban J connectivity index is 1.90. The number of esters is 1. The summed E-state index contributed by atoms with van der Waals surface area (Å²) in [5.41, 5.74) is 0. The molecular formula is C10H14O2. The minimum absolute atomic E-state index is 0.0845. The molecule has 0 aromatic rings. The van der Waals surface area contributed by atoms with E-state index < -0.39 is 0 Å². The zero-order valence-electron chi connectivity index (χ0n) is 7.32. The number of ether oxygens (including phenoxy) is 1. The van der Waals surface area contributed by atoms with Gasteiger partial charge in [0.25, 0.3) is 0 Å². The summed E-state index contributed by atoms with van der Waals surface area (Å²) in [7, 11) is 0. The van der Waals surface area contributed by atoms with E-state index in [0.717, 1.165) is 37.0 Å². The fourth-order valence-corrected chi connectivity index (χ4v) is 3.30. The summed E-state index contributed by atoms with van der Waals surface area (Å²) in [6.45, 7) is 2.29. The Bertz CT molecular complexity index is 234. The molecule has 2 bridgehead atoms. The number of carbonyl (C=O) groups excluding carboxylic acids is 1. The van der Waals surface area contributed by atoms with Crippen LogP contribution in [0.15, 0.2) is 0 Å². The molecule has 3 rings (SSSR count). The standard InChI is InChI=1S/C10H14O2/c1-5-2-6-3-8-7(5)4-9(8)12-10(6)11/h5-9H,2-4H2,1H3. The molecule has 66 valence electrons. The highest BCUT2D eigenvalue weighted by atomic mass is 16.5. The molecule has 1 aliphatic heterocycles. The van der Waals surface area contributed by atoms with Crippen LogP contribution in [-0.2, 0) is 9.53 Å². The van der Waals surface area contributed by atoms with Crippen molar-refractivity contribution in [2.24, 2.45) is 23.7 Å². The number of carbonyl (C=O) groups is 1. The van der Waals surface area contributed by atoms with E-state index in [9.17, 15) is 4.79 Å². The lowest BCUT2D eigenvalue weighted by molar-refractivity contribution is -0.201. The van der Waals surface area contributed by atoms with Crippen LogP contribution < -0.4 is 0 Å². The van der Waals surface area contributed by atoms with Gasteiger partial charge in [-0.1, -0.05) is 6.92 Å². The first-order valence-corrected chi connectivity index (χ1v) is 4.96. The number of hydrogen-bond acceptors (Lipinski definition) is 2. The molecule has 2 heteroatoms. The summed E-state index contributed by atoms with van der Waals surface area (Å²) >= 11 is 0. The molecule has 0 N–H and O–H groups in total. The van der Waals surface area contributed by atoms with Crippen LogP contribution in [0.2, 0.25) is 0 Å². The number of hydrogen-bond donors (Lipinski definition) is 0. The van der Waals surface area contributed by atoms with E-state index >= 15 is 0 Å². The summed E-state index contributed by atoms with van der Waals surface area (Å²) in [4.78, 5) is 11.4. The van der Waals surface area contributed by atoms with E-state index in [1.54, 1.807) is 0 Å². The van der Waals surface area contributed by atoms with Crippen molar-refractivity contribution in [1.29, 1.82) is 0 Å². The Hall–Kier alpha value is -0.530. The molecule has 0 radical (unpaired) electrons. The van der Waals surface area contributed by atoms with Crippen LogP contribution in [0.1, 0.15) is 26.2 Å². The first-order valence-electron chi connectivity index (χ1n) is 4.96. The second-order valence-corrected chi connectivity index (χ2v) is 4.68. The van der Waals surface area contributed by atoms with Gasteiger partial charge in [0.2, 0.25) is 0 Å². The molecule has 3 fully saturated rings. The van der Waals surface area contributed by atoms with Crippen molar-refractivity contribution in [1.82, 2.24) is 0 Å². The van der Waals surface area contributed by atoms with Crippen LogP contribution in [0.25, 0.3) is 0 Å². The van der Waals surface area contributed by atoms with Gasteiger partial charge in [0.15, 0.2) is 0 Å². The van der Waals surface area contributed by atoms with Gasteiger partial charge in [-0.15, -0.1) is 0 Å². The summed E-state index contributed by atoms with van der Waals surface area (Å²) < 4.78 is 5.33. The topological polar surface area (TPSA) is 26.3 Å². The Morgan fingerprint density at radius 2 is 2.08 bits per heavy atom. The minimum atomic E-state index is 0.0845. The third-order valence-corrected chi connectivity index (χ3v) is 4.08. The lowest BCUT2D eigenvalue weighted by atomic mass is 9.55. The van der Waals surface area contributed by atoms with Gasteiger partial charge in [0.05, 0.1) is 5.92 Å². The largest absolute Gasteiger partial charge is 0.462 e. The molecule has 0 amide bonds.